The van der Waals surface area contributed by atoms with Crippen molar-refractivity contribution >= 4 is 33.2 Å². The van der Waals surface area contributed by atoms with Crippen molar-refractivity contribution in [2.75, 3.05) is 23.7 Å². The van der Waals surface area contributed by atoms with Gasteiger partial charge < -0.3 is 10.1 Å². The summed E-state index contributed by atoms with van der Waals surface area (Å²) in [5.74, 6) is -1.16. The summed E-state index contributed by atoms with van der Waals surface area (Å²) in [5, 5.41) is 2.89. The summed E-state index contributed by atoms with van der Waals surface area (Å²) in [7, 11) is -2.52. The Morgan fingerprint density at radius 2 is 1.58 bits per heavy atom. The SMILES string of the molecule is COc1ccc(NCC(=O)NNC(=O)c2ccccc2NS(=O)(=O)c2ccc(F)cc2)cc1. The van der Waals surface area contributed by atoms with Crippen molar-refractivity contribution < 1.29 is 27.1 Å². The zero-order valence-corrected chi connectivity index (χ0v) is 18.3. The molecule has 4 N–H and O–H groups in total. The Bertz CT molecular complexity index is 1230. The fourth-order valence-corrected chi connectivity index (χ4v) is 3.80. The van der Waals surface area contributed by atoms with E-state index in [2.05, 4.69) is 20.9 Å². The van der Waals surface area contributed by atoms with Crippen molar-refractivity contribution in [3.8, 4) is 5.75 Å². The summed E-state index contributed by atoms with van der Waals surface area (Å²) in [5.41, 5.74) is 5.15. The Hall–Kier alpha value is -4.12. The van der Waals surface area contributed by atoms with Gasteiger partial charge in [0.05, 0.1) is 29.8 Å². The third-order valence-electron chi connectivity index (χ3n) is 4.40. The largest absolute Gasteiger partial charge is 0.497 e. The molecule has 3 aromatic rings. The molecule has 9 nitrogen and oxygen atoms in total. The number of hydrazine groups is 1. The number of benzene rings is 3. The molecular weight excluding hydrogens is 451 g/mol. The van der Waals surface area contributed by atoms with Crippen LogP contribution in [0.1, 0.15) is 10.4 Å². The molecule has 0 aromatic heterocycles. The summed E-state index contributed by atoms with van der Waals surface area (Å²) in [6, 6.07) is 17.0. The molecule has 0 unspecified atom stereocenters. The molecule has 11 heteroatoms. The molecular formula is C22H21FN4O5S. The number of carbonyl (C=O) groups excluding carboxylic acids is 2. The Labute approximate surface area is 190 Å². The van der Waals surface area contributed by atoms with Gasteiger partial charge in [-0.05, 0) is 60.7 Å². The molecule has 0 saturated carbocycles. The highest BCUT2D eigenvalue weighted by atomic mass is 32.2. The lowest BCUT2D eigenvalue weighted by molar-refractivity contribution is -0.120. The fourth-order valence-electron chi connectivity index (χ4n) is 2.72. The molecule has 3 rings (SSSR count). The maximum atomic E-state index is 13.1. The van der Waals surface area contributed by atoms with Crippen LogP contribution in [0, 0.1) is 5.82 Å². The van der Waals surface area contributed by atoms with Gasteiger partial charge >= 0.3 is 0 Å². The monoisotopic (exact) mass is 472 g/mol. The van der Waals surface area contributed by atoms with E-state index in [1.807, 2.05) is 0 Å². The zero-order valence-electron chi connectivity index (χ0n) is 17.5. The molecule has 0 radical (unpaired) electrons. The van der Waals surface area contributed by atoms with E-state index in [0.717, 1.165) is 24.3 Å². The molecule has 0 aliphatic rings. The molecule has 0 bridgehead atoms. The van der Waals surface area contributed by atoms with Gasteiger partial charge in [-0.25, -0.2) is 12.8 Å². The molecule has 0 heterocycles. The summed E-state index contributed by atoms with van der Waals surface area (Å²) < 4.78 is 45.6. The average Bonchev–Trinajstić information content (AvgIpc) is 2.82. The summed E-state index contributed by atoms with van der Waals surface area (Å²) in [6.45, 7) is -0.120. The Morgan fingerprint density at radius 3 is 2.24 bits per heavy atom. The van der Waals surface area contributed by atoms with Crippen LogP contribution in [0.3, 0.4) is 0 Å². The molecule has 0 atom stereocenters. The van der Waals surface area contributed by atoms with Crippen LogP contribution in [0.25, 0.3) is 0 Å². The first-order valence-corrected chi connectivity index (χ1v) is 11.1. The van der Waals surface area contributed by atoms with Crippen molar-refractivity contribution in [1.29, 1.82) is 0 Å². The van der Waals surface area contributed by atoms with Crippen LogP contribution in [-0.4, -0.2) is 33.9 Å². The summed E-state index contributed by atoms with van der Waals surface area (Å²) >= 11 is 0. The van der Waals surface area contributed by atoms with Crippen molar-refractivity contribution in [2.45, 2.75) is 4.90 Å². The third-order valence-corrected chi connectivity index (χ3v) is 5.78. The van der Waals surface area contributed by atoms with Crippen LogP contribution >= 0.6 is 0 Å². The average molecular weight is 472 g/mol. The Morgan fingerprint density at radius 1 is 0.909 bits per heavy atom. The number of nitrogens with one attached hydrogen (secondary N) is 4. The number of hydrogen-bond acceptors (Lipinski definition) is 6. The van der Waals surface area contributed by atoms with Crippen LogP contribution in [0.5, 0.6) is 5.75 Å². The first-order valence-electron chi connectivity index (χ1n) is 9.63. The molecule has 172 valence electrons. The number of hydrogen-bond donors (Lipinski definition) is 4. The van der Waals surface area contributed by atoms with Gasteiger partial charge in [-0.2, -0.15) is 0 Å². The lowest BCUT2D eigenvalue weighted by atomic mass is 10.2. The van der Waals surface area contributed by atoms with Gasteiger partial charge in [0, 0.05) is 5.69 Å². The number of para-hydroxylation sites is 1. The van der Waals surface area contributed by atoms with Crippen LogP contribution < -0.4 is 25.6 Å². The van der Waals surface area contributed by atoms with E-state index in [-0.39, 0.29) is 22.7 Å². The highest BCUT2D eigenvalue weighted by Gasteiger charge is 2.19. The second-order valence-electron chi connectivity index (χ2n) is 6.69. The van der Waals surface area contributed by atoms with E-state index in [4.69, 9.17) is 4.74 Å². The van der Waals surface area contributed by atoms with Crippen LogP contribution in [-0.2, 0) is 14.8 Å². The van der Waals surface area contributed by atoms with E-state index >= 15 is 0 Å². The minimum atomic E-state index is -4.06. The molecule has 0 fully saturated rings. The molecule has 0 saturated heterocycles. The minimum Gasteiger partial charge on any atom is -0.497 e. The third kappa shape index (κ3) is 6.43. The zero-order chi connectivity index (χ0) is 23.8. The highest BCUT2D eigenvalue weighted by molar-refractivity contribution is 7.92. The van der Waals surface area contributed by atoms with E-state index < -0.39 is 27.7 Å². The van der Waals surface area contributed by atoms with Crippen LogP contribution in [0.2, 0.25) is 0 Å². The topological polar surface area (TPSA) is 126 Å². The predicted octanol–water partition coefficient (Wildman–Crippen LogP) is 2.51. The van der Waals surface area contributed by atoms with Gasteiger partial charge in [-0.3, -0.25) is 25.2 Å². The van der Waals surface area contributed by atoms with Crippen molar-refractivity contribution in [3.05, 3.63) is 84.2 Å². The maximum Gasteiger partial charge on any atom is 0.271 e. The lowest BCUT2D eigenvalue weighted by Crippen LogP contribution is -2.44. The maximum absolute atomic E-state index is 13.1. The first-order chi connectivity index (χ1) is 15.8. The predicted molar refractivity (Wildman–Crippen MR) is 121 cm³/mol. The van der Waals surface area contributed by atoms with Gasteiger partial charge in [0.2, 0.25) is 0 Å². The number of carbonyl (C=O) groups is 2. The Kier molecular flexibility index (Phi) is 7.46. The molecule has 2 amide bonds. The summed E-state index contributed by atoms with van der Waals surface area (Å²) in [6.07, 6.45) is 0. The highest BCUT2D eigenvalue weighted by Crippen LogP contribution is 2.20. The molecule has 3 aromatic carbocycles. The standard InChI is InChI=1S/C22H21FN4O5S/c1-32-17-10-8-16(9-11-17)24-14-21(28)25-26-22(29)19-4-2-3-5-20(19)27-33(30,31)18-12-6-15(23)7-13-18/h2-13,24,27H,14H2,1H3,(H,25,28)(H,26,29). The Balaban J connectivity index is 1.60. The van der Waals surface area contributed by atoms with Crippen LogP contribution in [0.4, 0.5) is 15.8 Å². The number of anilines is 2. The van der Waals surface area contributed by atoms with E-state index in [0.29, 0.717) is 11.4 Å². The van der Waals surface area contributed by atoms with Crippen LogP contribution in [0.15, 0.2) is 77.7 Å². The molecule has 0 aliphatic carbocycles. The second-order valence-corrected chi connectivity index (χ2v) is 8.37. The van der Waals surface area contributed by atoms with Crippen molar-refractivity contribution in [2.24, 2.45) is 0 Å². The molecule has 0 aliphatic heterocycles. The lowest BCUT2D eigenvalue weighted by Gasteiger charge is -2.13. The van der Waals surface area contributed by atoms with E-state index in [1.54, 1.807) is 31.4 Å². The number of ether oxygens (including phenoxy) is 1. The first kappa shape index (κ1) is 23.5. The minimum absolute atomic E-state index is 0.00932. The normalized spacial score (nSPS) is 10.7. The van der Waals surface area contributed by atoms with Gasteiger partial charge in [-0.15, -0.1) is 0 Å². The molecule has 33 heavy (non-hydrogen) atoms. The van der Waals surface area contributed by atoms with Crippen molar-refractivity contribution in [3.63, 3.8) is 0 Å². The number of amides is 2. The number of halogens is 1. The fraction of sp³-hybridized carbons (Fsp3) is 0.0909. The second kappa shape index (κ2) is 10.5. The number of methoxy groups -OCH3 is 1. The van der Waals surface area contributed by atoms with Gasteiger partial charge in [0.25, 0.3) is 21.8 Å². The van der Waals surface area contributed by atoms with Crippen molar-refractivity contribution in [1.82, 2.24) is 10.9 Å². The van der Waals surface area contributed by atoms with Gasteiger partial charge in [0.1, 0.15) is 11.6 Å². The molecule has 0 spiro atoms. The number of sulfonamides is 1. The van der Waals surface area contributed by atoms with E-state index in [9.17, 15) is 22.4 Å². The summed E-state index contributed by atoms with van der Waals surface area (Å²) in [4.78, 5) is 24.4. The smallest absolute Gasteiger partial charge is 0.271 e. The quantitative estimate of drug-likeness (QED) is 0.373. The number of rotatable bonds is 8. The van der Waals surface area contributed by atoms with Gasteiger partial charge in [-0.1, -0.05) is 12.1 Å². The van der Waals surface area contributed by atoms with Gasteiger partial charge in [0.15, 0.2) is 0 Å². The van der Waals surface area contributed by atoms with E-state index in [1.165, 1.54) is 24.3 Å².